The predicted octanol–water partition coefficient (Wildman–Crippen LogP) is 3.36. The Morgan fingerprint density at radius 3 is 1.83 bits per heavy atom. The summed E-state index contributed by atoms with van der Waals surface area (Å²) in [4.78, 5) is 56.9. The highest BCUT2D eigenvalue weighted by Gasteiger charge is 2.72. The highest BCUT2D eigenvalue weighted by Crippen LogP contribution is 2.76. The van der Waals surface area contributed by atoms with Crippen LogP contribution in [0.2, 0.25) is 0 Å². The van der Waals surface area contributed by atoms with E-state index in [2.05, 4.69) is 47.6 Å². The van der Waals surface area contributed by atoms with Crippen molar-refractivity contribution < 1.29 is 147 Å². The molecule has 12 aliphatic heterocycles. The molecular weight excluding hydrogens is 1430 g/mol. The molecule has 16 fully saturated rings. The molecule has 4 saturated carbocycles. The van der Waals surface area contributed by atoms with Gasteiger partial charge < -0.3 is 128 Å². The van der Waals surface area contributed by atoms with Gasteiger partial charge in [-0.1, -0.05) is 137 Å². The van der Waals surface area contributed by atoms with E-state index in [0.29, 0.717) is 57.8 Å². The number of esters is 4. The van der Waals surface area contributed by atoms with Crippen molar-refractivity contribution in [3.8, 4) is 0 Å². The van der Waals surface area contributed by atoms with Crippen LogP contribution < -0.4 is 0 Å². The average Bonchev–Trinajstić information content (AvgIpc) is 0.672. The summed E-state index contributed by atoms with van der Waals surface area (Å²) < 4.78 is 79.4. The minimum absolute atomic E-state index is 0.0879. The van der Waals surface area contributed by atoms with Crippen molar-refractivity contribution >= 4 is 23.9 Å². The van der Waals surface area contributed by atoms with Gasteiger partial charge in [-0.2, -0.15) is 0 Å². The summed E-state index contributed by atoms with van der Waals surface area (Å²) in [6.07, 6.45) is -22.9. The van der Waals surface area contributed by atoms with Crippen LogP contribution in [-0.2, 0) is 80.8 Å². The van der Waals surface area contributed by atoms with Gasteiger partial charge in [0.15, 0.2) is 43.5 Å². The van der Waals surface area contributed by atoms with Gasteiger partial charge in [0.05, 0.1) is 68.6 Å². The van der Waals surface area contributed by atoms with Crippen LogP contribution in [0.4, 0.5) is 0 Å². The Labute approximate surface area is 639 Å². The number of allylic oxidation sites excluding steroid dienone is 2. The van der Waals surface area contributed by atoms with E-state index in [9.17, 15) is 80.8 Å². The van der Waals surface area contributed by atoms with Crippen molar-refractivity contribution in [3.05, 3.63) is 11.6 Å². The average molecular weight is 1560 g/mol. The van der Waals surface area contributed by atoms with Crippen LogP contribution in [0.5, 0.6) is 0 Å². The van der Waals surface area contributed by atoms with Gasteiger partial charge in [-0.15, -0.1) is 0 Å². The zero-order valence-corrected chi connectivity index (χ0v) is 65.1. The molecule has 33 atom stereocenters. The molecule has 0 aromatic carbocycles. The van der Waals surface area contributed by atoms with E-state index in [0.717, 1.165) is 38.2 Å². The van der Waals surface area contributed by atoms with Crippen LogP contribution in [0.25, 0.3) is 0 Å². The zero-order valence-electron chi connectivity index (χ0n) is 65.1. The van der Waals surface area contributed by atoms with Crippen LogP contribution in [0.15, 0.2) is 11.6 Å². The number of unbranched alkanes of at least 4 members (excludes halogenated alkanes) is 12. The second-order valence-electron chi connectivity index (χ2n) is 36.0. The first-order valence-electron chi connectivity index (χ1n) is 40.5. The Morgan fingerprint density at radius 2 is 1.16 bits per heavy atom. The standard InChI is InChI=1S/C79H128O30/c1-10-11-12-13-14-15-16-17-18-19-20-21-22-23-51(84)97-38-48-56(89)58(91)65-71(103-48)108-66-44(81)33-75(6)49(76(66,7)40-80)26-27-78(9)50(75)25-24-42-43-32-73(3,4)28-30-79(43,31-29-77(42,78)8)72(95)109-70-64(55(88)46(83)37-99-70)107-69-61(94)63(105-67-59(92)54(87)45(82)36-98-67)62(41(2)101-69)104-53(86)35-74(5,96)34-52(85)102-47-39-100-68(106-65)60(93)57(47)90/h24,41,43-50,54-71,80-83,87-94,96H,10-23,25-40H2,1-9H3. The zero-order chi connectivity index (χ0) is 79.1. The number of hydrogen-bond donors (Lipinski definition) is 13. The van der Waals surface area contributed by atoms with Gasteiger partial charge in [0.25, 0.3) is 0 Å². The lowest BCUT2D eigenvalue weighted by Crippen LogP contribution is -2.70. The number of carbonyl (C=O) groups excluding carboxylic acids is 4. The van der Waals surface area contributed by atoms with Crippen LogP contribution in [0.1, 0.15) is 223 Å². The molecule has 17 rings (SSSR count). The van der Waals surface area contributed by atoms with E-state index in [-0.39, 0.29) is 36.0 Å². The summed E-state index contributed by atoms with van der Waals surface area (Å²) in [5, 5.41) is 152. The molecule has 0 radical (unpaired) electrons. The third-order valence-corrected chi connectivity index (χ3v) is 27.7. The monoisotopic (exact) mass is 1560 g/mol. The molecule has 33 unspecified atom stereocenters. The quantitative estimate of drug-likeness (QED) is 0.0290. The maximum atomic E-state index is 15.8. The van der Waals surface area contributed by atoms with E-state index in [1.165, 1.54) is 58.3 Å². The summed E-state index contributed by atoms with van der Waals surface area (Å²) in [5.41, 5.74) is -5.66. The first-order chi connectivity index (χ1) is 51.5. The molecule has 11 bridgehead atoms. The fourth-order valence-electron chi connectivity index (χ4n) is 21.1. The van der Waals surface area contributed by atoms with Crippen LogP contribution in [0, 0.1) is 50.2 Å². The molecule has 624 valence electrons. The van der Waals surface area contributed by atoms with E-state index in [4.69, 9.17) is 61.6 Å². The largest absolute Gasteiger partial charge is 0.463 e. The summed E-state index contributed by atoms with van der Waals surface area (Å²) in [6, 6.07) is 0. The maximum absolute atomic E-state index is 15.8. The number of fused-ring (bicyclic) bond motifs is 1. The Balaban J connectivity index is 0.886. The number of aliphatic hydroxyl groups excluding tert-OH is 12. The fourth-order valence-corrected chi connectivity index (χ4v) is 21.1. The summed E-state index contributed by atoms with van der Waals surface area (Å²) in [7, 11) is 0. The number of rotatable bonds is 19. The molecule has 1 spiro atoms. The van der Waals surface area contributed by atoms with Crippen molar-refractivity contribution in [2.45, 2.75) is 376 Å². The maximum Gasteiger partial charge on any atom is 0.315 e. The number of hydrogen-bond acceptors (Lipinski definition) is 30. The fraction of sp³-hybridized carbons (Fsp3) is 0.924. The van der Waals surface area contributed by atoms with Crippen molar-refractivity contribution in [2.24, 2.45) is 50.2 Å². The summed E-state index contributed by atoms with van der Waals surface area (Å²) in [5.74, 6) is -4.53. The van der Waals surface area contributed by atoms with Gasteiger partial charge in [-0.3, -0.25) is 19.2 Å². The van der Waals surface area contributed by atoms with Crippen LogP contribution in [-0.4, -0.2) is 276 Å². The van der Waals surface area contributed by atoms with Gasteiger partial charge >= 0.3 is 23.9 Å². The van der Waals surface area contributed by atoms with E-state index in [1.54, 1.807) is 0 Å². The molecule has 17 aliphatic rings. The Hall–Kier alpha value is -3.26. The normalized spacial score (nSPS) is 47.7. The predicted molar refractivity (Wildman–Crippen MR) is 381 cm³/mol. The molecule has 0 aromatic heterocycles. The second kappa shape index (κ2) is 35.3. The van der Waals surface area contributed by atoms with Gasteiger partial charge in [-0.05, 0) is 117 Å². The van der Waals surface area contributed by atoms with Gasteiger partial charge in [0, 0.05) is 11.8 Å². The molecule has 12 saturated heterocycles. The Kier molecular flexibility index (Phi) is 28.0. The number of carbonyl (C=O) groups is 4. The molecule has 0 aromatic rings. The molecule has 109 heavy (non-hydrogen) atoms. The highest BCUT2D eigenvalue weighted by molar-refractivity contribution is 5.79. The third-order valence-electron chi connectivity index (χ3n) is 27.7. The lowest BCUT2D eigenvalue weighted by atomic mass is 9.33. The second-order valence-corrected chi connectivity index (χ2v) is 36.0. The molecule has 5 aliphatic carbocycles. The summed E-state index contributed by atoms with van der Waals surface area (Å²) in [6.45, 7) is 14.7. The molecule has 13 N–H and O–H groups in total. The van der Waals surface area contributed by atoms with Crippen LogP contribution >= 0.6 is 0 Å². The molecular formula is C79H128O30. The van der Waals surface area contributed by atoms with E-state index < -0.39 is 250 Å². The van der Waals surface area contributed by atoms with Gasteiger partial charge in [-0.25, -0.2) is 0 Å². The smallest absolute Gasteiger partial charge is 0.315 e. The first kappa shape index (κ1) is 86.6. The van der Waals surface area contributed by atoms with Gasteiger partial charge in [0.1, 0.15) is 86.0 Å². The Morgan fingerprint density at radius 1 is 0.550 bits per heavy atom. The van der Waals surface area contributed by atoms with Crippen molar-refractivity contribution in [1.29, 1.82) is 0 Å². The van der Waals surface area contributed by atoms with Crippen molar-refractivity contribution in [2.75, 3.05) is 33.0 Å². The number of aliphatic hydroxyl groups is 13. The topological polar surface area (TPSA) is 451 Å². The van der Waals surface area contributed by atoms with E-state index >= 15 is 4.79 Å². The van der Waals surface area contributed by atoms with Crippen molar-refractivity contribution in [3.63, 3.8) is 0 Å². The van der Waals surface area contributed by atoms with Crippen LogP contribution in [0.3, 0.4) is 0 Å². The summed E-state index contributed by atoms with van der Waals surface area (Å²) >= 11 is 0. The lowest BCUT2D eigenvalue weighted by Gasteiger charge is -2.72. The molecule has 30 nitrogen and oxygen atoms in total. The van der Waals surface area contributed by atoms with Crippen molar-refractivity contribution in [1.82, 2.24) is 0 Å². The molecule has 30 heteroatoms. The lowest BCUT2D eigenvalue weighted by molar-refractivity contribution is -0.377. The molecule has 0 amide bonds. The minimum atomic E-state index is -2.31. The first-order valence-corrected chi connectivity index (χ1v) is 40.5. The Bertz CT molecular complexity index is 3080. The third kappa shape index (κ3) is 17.9. The SMILES string of the molecule is CCCCCCCCCCCCCCCC(=O)OCC1OC2OC3C(O)CC4(C)C(CCC5(C)C4CC=C4C6CC(C)(C)CCC6(CCC45C)C(=O)OC4OCC(O)C(O)C4OC4OC(C)C(OC(=O)CC(C)(O)CC(=O)OC5COC(OC2C(O)C1O)C(O)C5O)C(OC1OCC(O)C(O)C1O)C4O)C3(C)CO. The highest BCUT2D eigenvalue weighted by atomic mass is 16.8. The van der Waals surface area contributed by atoms with Gasteiger partial charge in [0.2, 0.25) is 6.29 Å². The number of ether oxygens (including phenoxy) is 13. The molecule has 12 heterocycles. The minimum Gasteiger partial charge on any atom is -0.463 e. The van der Waals surface area contributed by atoms with E-state index in [1.807, 2.05) is 6.92 Å².